The van der Waals surface area contributed by atoms with Gasteiger partial charge in [-0.2, -0.15) is 0 Å². The number of nitrogens with zero attached hydrogens (tertiary/aromatic N) is 1. The Hall–Kier alpha value is -0.610. The summed E-state index contributed by atoms with van der Waals surface area (Å²) in [4.78, 5) is 5.59. The summed E-state index contributed by atoms with van der Waals surface area (Å²) < 4.78 is 0. The molecule has 0 aliphatic rings. The highest BCUT2D eigenvalue weighted by Crippen LogP contribution is 2.32. The summed E-state index contributed by atoms with van der Waals surface area (Å²) in [6, 6.07) is 5.77. The number of thiazole rings is 1. The van der Waals surface area contributed by atoms with Crippen molar-refractivity contribution in [2.45, 2.75) is 13.0 Å². The molecule has 1 atom stereocenters. The molecule has 1 unspecified atom stereocenters. The van der Waals surface area contributed by atoms with Gasteiger partial charge in [0.1, 0.15) is 5.01 Å². The van der Waals surface area contributed by atoms with E-state index in [-0.39, 0.29) is 0 Å². The van der Waals surface area contributed by atoms with Gasteiger partial charge >= 0.3 is 0 Å². The van der Waals surface area contributed by atoms with E-state index in [4.69, 9.17) is 23.2 Å². The Morgan fingerprint density at radius 2 is 1.88 bits per heavy atom. The largest absolute Gasteiger partial charge is 0.312 e. The van der Waals surface area contributed by atoms with Crippen molar-refractivity contribution in [2.24, 2.45) is 0 Å². The molecule has 2 nitrogen and oxygen atoms in total. The Morgan fingerprint density at radius 3 is 2.47 bits per heavy atom. The van der Waals surface area contributed by atoms with E-state index < -0.39 is 0 Å². The van der Waals surface area contributed by atoms with Crippen LogP contribution in [0.5, 0.6) is 0 Å². The molecule has 0 saturated heterocycles. The van der Waals surface area contributed by atoms with E-state index in [1.165, 1.54) is 4.88 Å². The first kappa shape index (κ1) is 12.8. The SMILES string of the molecule is CNC(C)c1cnc(-c2cc(Cl)cc(Cl)c2)s1. The third kappa shape index (κ3) is 2.99. The summed E-state index contributed by atoms with van der Waals surface area (Å²) in [6.07, 6.45) is 1.88. The molecule has 0 aliphatic heterocycles. The highest BCUT2D eigenvalue weighted by atomic mass is 35.5. The molecular weight excluding hydrogens is 275 g/mol. The summed E-state index contributed by atoms with van der Waals surface area (Å²) in [5, 5.41) is 5.38. The Labute approximate surface area is 115 Å². The lowest BCUT2D eigenvalue weighted by molar-refractivity contribution is 0.662. The second kappa shape index (κ2) is 5.36. The zero-order valence-electron chi connectivity index (χ0n) is 9.50. The molecule has 1 aromatic carbocycles. The quantitative estimate of drug-likeness (QED) is 0.905. The monoisotopic (exact) mass is 286 g/mol. The van der Waals surface area contributed by atoms with Gasteiger partial charge in [-0.25, -0.2) is 4.98 Å². The van der Waals surface area contributed by atoms with Gasteiger partial charge in [-0.1, -0.05) is 23.2 Å². The van der Waals surface area contributed by atoms with Gasteiger partial charge in [-0.3, -0.25) is 0 Å². The number of hydrogen-bond acceptors (Lipinski definition) is 3. The second-order valence-electron chi connectivity index (χ2n) is 3.74. The van der Waals surface area contributed by atoms with Crippen molar-refractivity contribution >= 4 is 34.5 Å². The molecule has 0 fully saturated rings. The lowest BCUT2D eigenvalue weighted by atomic mass is 10.2. The van der Waals surface area contributed by atoms with E-state index in [0.717, 1.165) is 10.6 Å². The van der Waals surface area contributed by atoms with Crippen molar-refractivity contribution < 1.29 is 0 Å². The molecule has 2 rings (SSSR count). The van der Waals surface area contributed by atoms with Crippen molar-refractivity contribution in [3.05, 3.63) is 39.3 Å². The van der Waals surface area contributed by atoms with Crippen molar-refractivity contribution in [3.8, 4) is 10.6 Å². The predicted octanol–water partition coefficient (Wildman–Crippen LogP) is 4.40. The maximum Gasteiger partial charge on any atom is 0.123 e. The van der Waals surface area contributed by atoms with Crippen LogP contribution >= 0.6 is 34.5 Å². The summed E-state index contributed by atoms with van der Waals surface area (Å²) in [5.74, 6) is 0. The maximum atomic E-state index is 5.98. The molecule has 0 aliphatic carbocycles. The molecule has 0 amide bonds. The van der Waals surface area contributed by atoms with Crippen molar-refractivity contribution in [1.29, 1.82) is 0 Å². The lowest BCUT2D eigenvalue weighted by Crippen LogP contribution is -2.10. The van der Waals surface area contributed by atoms with Gasteiger partial charge in [0.25, 0.3) is 0 Å². The van der Waals surface area contributed by atoms with Crippen LogP contribution in [0, 0.1) is 0 Å². The molecule has 2 aromatic rings. The Balaban J connectivity index is 2.36. The first-order valence-corrected chi connectivity index (χ1v) is 6.77. The minimum absolute atomic E-state index is 0.302. The fourth-order valence-electron chi connectivity index (χ4n) is 1.44. The van der Waals surface area contributed by atoms with Crippen LogP contribution in [-0.4, -0.2) is 12.0 Å². The molecule has 1 heterocycles. The molecule has 0 bridgehead atoms. The summed E-state index contributed by atoms with van der Waals surface area (Å²) in [6.45, 7) is 2.10. The first-order valence-electron chi connectivity index (χ1n) is 5.19. The Kier molecular flexibility index (Phi) is 4.05. The van der Waals surface area contributed by atoms with E-state index in [2.05, 4.69) is 17.2 Å². The van der Waals surface area contributed by atoms with E-state index in [0.29, 0.717) is 16.1 Å². The zero-order chi connectivity index (χ0) is 12.4. The number of halogens is 2. The van der Waals surface area contributed by atoms with Crippen molar-refractivity contribution in [3.63, 3.8) is 0 Å². The fourth-order valence-corrected chi connectivity index (χ4v) is 2.93. The number of benzene rings is 1. The van der Waals surface area contributed by atoms with Crippen LogP contribution in [-0.2, 0) is 0 Å². The summed E-state index contributed by atoms with van der Waals surface area (Å²) in [7, 11) is 1.93. The van der Waals surface area contributed by atoms with Gasteiger partial charge in [-0.15, -0.1) is 11.3 Å². The molecule has 1 aromatic heterocycles. The fraction of sp³-hybridized carbons (Fsp3) is 0.250. The van der Waals surface area contributed by atoms with E-state index >= 15 is 0 Å². The van der Waals surface area contributed by atoms with Crippen LogP contribution in [0.3, 0.4) is 0 Å². The lowest BCUT2D eigenvalue weighted by Gasteiger charge is -2.04. The van der Waals surface area contributed by atoms with Crippen LogP contribution in [0.25, 0.3) is 10.6 Å². The van der Waals surface area contributed by atoms with Gasteiger partial charge in [-0.05, 0) is 32.2 Å². The first-order chi connectivity index (χ1) is 8.10. The van der Waals surface area contributed by atoms with Gasteiger partial charge in [0.05, 0.1) is 0 Å². The molecule has 17 heavy (non-hydrogen) atoms. The predicted molar refractivity (Wildman–Crippen MR) is 75.0 cm³/mol. The zero-order valence-corrected chi connectivity index (χ0v) is 11.8. The minimum Gasteiger partial charge on any atom is -0.312 e. The van der Waals surface area contributed by atoms with Gasteiger partial charge < -0.3 is 5.32 Å². The van der Waals surface area contributed by atoms with Crippen LogP contribution in [0.15, 0.2) is 24.4 Å². The van der Waals surface area contributed by atoms with E-state index in [1.54, 1.807) is 17.4 Å². The number of hydrogen-bond donors (Lipinski definition) is 1. The summed E-state index contributed by atoms with van der Waals surface area (Å²) >= 11 is 13.6. The Bertz CT molecular complexity index is 505. The summed E-state index contributed by atoms with van der Waals surface area (Å²) in [5.41, 5.74) is 0.960. The van der Waals surface area contributed by atoms with Crippen molar-refractivity contribution in [2.75, 3.05) is 7.05 Å². The second-order valence-corrected chi connectivity index (χ2v) is 5.67. The maximum absolute atomic E-state index is 5.98. The standard InChI is InChI=1S/C12H12Cl2N2S/c1-7(15-2)11-6-16-12(17-11)8-3-9(13)5-10(14)4-8/h3-7,15H,1-2H3. The van der Waals surface area contributed by atoms with E-state index in [1.807, 2.05) is 25.4 Å². The van der Waals surface area contributed by atoms with Crippen LogP contribution in [0.2, 0.25) is 10.0 Å². The third-order valence-electron chi connectivity index (χ3n) is 2.49. The molecule has 5 heteroatoms. The average molecular weight is 287 g/mol. The van der Waals surface area contributed by atoms with Crippen molar-refractivity contribution in [1.82, 2.24) is 10.3 Å². The van der Waals surface area contributed by atoms with Crippen LogP contribution in [0.1, 0.15) is 17.8 Å². The molecule has 0 radical (unpaired) electrons. The topological polar surface area (TPSA) is 24.9 Å². The number of nitrogens with one attached hydrogen (secondary N) is 1. The minimum atomic E-state index is 0.302. The molecule has 0 saturated carbocycles. The normalized spacial score (nSPS) is 12.7. The number of aromatic nitrogens is 1. The molecular formula is C12H12Cl2N2S. The van der Waals surface area contributed by atoms with E-state index in [9.17, 15) is 0 Å². The van der Waals surface area contributed by atoms with Crippen LogP contribution < -0.4 is 5.32 Å². The molecule has 90 valence electrons. The van der Waals surface area contributed by atoms with Gasteiger partial charge in [0.15, 0.2) is 0 Å². The molecule has 1 N–H and O–H groups in total. The third-order valence-corrected chi connectivity index (χ3v) is 4.16. The smallest absolute Gasteiger partial charge is 0.123 e. The number of rotatable bonds is 3. The van der Waals surface area contributed by atoms with Gasteiger partial charge in [0.2, 0.25) is 0 Å². The highest BCUT2D eigenvalue weighted by Gasteiger charge is 2.10. The van der Waals surface area contributed by atoms with Crippen LogP contribution in [0.4, 0.5) is 0 Å². The Morgan fingerprint density at radius 1 is 1.24 bits per heavy atom. The average Bonchev–Trinajstić information content (AvgIpc) is 2.76. The molecule has 0 spiro atoms. The van der Waals surface area contributed by atoms with Gasteiger partial charge in [0, 0.05) is 32.7 Å². The highest BCUT2D eigenvalue weighted by molar-refractivity contribution is 7.15.